The molecule has 0 fully saturated rings. The summed E-state index contributed by atoms with van der Waals surface area (Å²) in [6, 6.07) is 10.6. The van der Waals surface area contributed by atoms with Crippen molar-refractivity contribution in [2.24, 2.45) is 0 Å². The van der Waals surface area contributed by atoms with Crippen LogP contribution in [-0.2, 0) is 0 Å². The number of rotatable bonds is 2. The van der Waals surface area contributed by atoms with Crippen LogP contribution in [0.1, 0.15) is 28.1 Å². The number of hydrogen-bond donors (Lipinski definition) is 1. The molecule has 2 aromatic heterocycles. The van der Waals surface area contributed by atoms with Gasteiger partial charge in [-0.05, 0) is 67.8 Å². The van der Waals surface area contributed by atoms with E-state index in [9.17, 15) is 9.90 Å². The Bertz CT molecular complexity index is 1010. The Morgan fingerprint density at radius 3 is 2.50 bits per heavy atom. The van der Waals surface area contributed by atoms with E-state index >= 15 is 0 Å². The van der Waals surface area contributed by atoms with Gasteiger partial charge in [0.15, 0.2) is 0 Å². The normalized spacial score (nSPS) is 11.9. The molecule has 2 heterocycles. The summed E-state index contributed by atoms with van der Waals surface area (Å²) in [4.78, 5) is 16.8. The van der Waals surface area contributed by atoms with E-state index in [4.69, 9.17) is 11.6 Å². The first kappa shape index (κ1) is 16.3. The summed E-state index contributed by atoms with van der Waals surface area (Å²) in [5.74, 6) is 0.279. The average Bonchev–Trinajstić information content (AvgIpc) is 2.52. The first-order chi connectivity index (χ1) is 11.4. The Labute approximate surface area is 144 Å². The largest absolute Gasteiger partial charge is 0.507 e. The van der Waals surface area contributed by atoms with Crippen LogP contribution in [0.3, 0.4) is 0 Å². The molecule has 4 nitrogen and oxygen atoms in total. The molecule has 3 rings (SSSR count). The number of benzene rings is 1. The van der Waals surface area contributed by atoms with Gasteiger partial charge in [-0.25, -0.2) is 4.98 Å². The van der Waals surface area contributed by atoms with Gasteiger partial charge in [0, 0.05) is 11.8 Å². The predicted octanol–water partition coefficient (Wildman–Crippen LogP) is 4.06. The number of aromatic hydroxyl groups is 1. The fourth-order valence-electron chi connectivity index (χ4n) is 2.73. The van der Waals surface area contributed by atoms with Crippen molar-refractivity contribution in [3.8, 4) is 5.75 Å². The lowest BCUT2D eigenvalue weighted by molar-refractivity contribution is 0.467. The molecular weight excluding hydrogens is 324 g/mol. The first-order valence-electron chi connectivity index (χ1n) is 7.54. The standard InChI is InChI=1S/C19H17ClN2O2/c1-11-7-14(8-12(2)19(11)24)9-15(20)16-10-18(23)22-13(3)5-4-6-17(22)21-16/h4-10,24H,1-3H3/b15-9-. The number of hydrogen-bond acceptors (Lipinski definition) is 3. The van der Waals surface area contributed by atoms with Crippen LogP contribution < -0.4 is 5.56 Å². The van der Waals surface area contributed by atoms with Crippen molar-refractivity contribution in [3.05, 3.63) is 74.8 Å². The van der Waals surface area contributed by atoms with Crippen molar-refractivity contribution in [2.75, 3.05) is 0 Å². The number of phenols is 1. The molecule has 0 saturated heterocycles. The smallest absolute Gasteiger partial charge is 0.258 e. The maximum Gasteiger partial charge on any atom is 0.258 e. The summed E-state index contributed by atoms with van der Waals surface area (Å²) in [6.45, 7) is 5.52. The zero-order valence-corrected chi connectivity index (χ0v) is 14.4. The first-order valence-corrected chi connectivity index (χ1v) is 7.92. The SMILES string of the molecule is Cc1cc(/C=C(\Cl)c2cc(=O)n3c(C)cccc3n2)cc(C)c1O. The lowest BCUT2D eigenvalue weighted by Gasteiger charge is -2.07. The topological polar surface area (TPSA) is 54.6 Å². The van der Waals surface area contributed by atoms with Gasteiger partial charge in [0.2, 0.25) is 0 Å². The Kier molecular flexibility index (Phi) is 4.16. The minimum atomic E-state index is -0.169. The second-order valence-corrected chi connectivity index (χ2v) is 6.24. The number of aromatic nitrogens is 2. The fourth-order valence-corrected chi connectivity index (χ4v) is 2.95. The highest BCUT2D eigenvalue weighted by atomic mass is 35.5. The van der Waals surface area contributed by atoms with Crippen LogP contribution in [0.4, 0.5) is 0 Å². The molecule has 0 aliphatic carbocycles. The van der Waals surface area contributed by atoms with Crippen LogP contribution >= 0.6 is 11.6 Å². The molecule has 3 aromatic rings. The molecular formula is C19H17ClN2O2. The van der Waals surface area contributed by atoms with Gasteiger partial charge in [0.1, 0.15) is 11.4 Å². The molecule has 0 unspecified atom stereocenters. The van der Waals surface area contributed by atoms with Gasteiger partial charge in [0.25, 0.3) is 5.56 Å². The maximum atomic E-state index is 12.3. The Morgan fingerprint density at radius 1 is 1.17 bits per heavy atom. The maximum absolute atomic E-state index is 12.3. The molecule has 5 heteroatoms. The molecule has 0 radical (unpaired) electrons. The second kappa shape index (κ2) is 6.13. The van der Waals surface area contributed by atoms with Gasteiger partial charge in [0.05, 0.1) is 10.7 Å². The lowest BCUT2D eigenvalue weighted by Crippen LogP contribution is -2.17. The van der Waals surface area contributed by atoms with Gasteiger partial charge in [-0.15, -0.1) is 0 Å². The molecule has 0 aliphatic heterocycles. The molecule has 0 spiro atoms. The monoisotopic (exact) mass is 340 g/mol. The summed E-state index contributed by atoms with van der Waals surface area (Å²) in [7, 11) is 0. The predicted molar refractivity (Wildman–Crippen MR) is 97.5 cm³/mol. The number of nitrogens with zero attached hydrogens (tertiary/aromatic N) is 2. The number of phenolic OH excluding ortho intramolecular Hbond substituents is 1. The number of aryl methyl sites for hydroxylation is 3. The van der Waals surface area contributed by atoms with E-state index in [0.29, 0.717) is 16.4 Å². The van der Waals surface area contributed by atoms with Crippen molar-refractivity contribution < 1.29 is 5.11 Å². The quantitative estimate of drug-likeness (QED) is 0.765. The summed E-state index contributed by atoms with van der Waals surface area (Å²) in [5, 5.41) is 10.2. The number of pyridine rings is 1. The van der Waals surface area contributed by atoms with E-state index in [2.05, 4.69) is 4.98 Å². The Morgan fingerprint density at radius 2 is 1.83 bits per heavy atom. The summed E-state index contributed by atoms with van der Waals surface area (Å²) >= 11 is 6.39. The van der Waals surface area contributed by atoms with E-state index < -0.39 is 0 Å². The molecule has 0 amide bonds. The molecule has 122 valence electrons. The second-order valence-electron chi connectivity index (χ2n) is 5.84. The van der Waals surface area contributed by atoms with Gasteiger partial charge in [-0.2, -0.15) is 0 Å². The van der Waals surface area contributed by atoms with Crippen molar-refractivity contribution >= 4 is 28.4 Å². The molecule has 0 bridgehead atoms. The highest BCUT2D eigenvalue weighted by Gasteiger charge is 2.08. The third kappa shape index (κ3) is 2.93. The number of halogens is 1. The van der Waals surface area contributed by atoms with Gasteiger partial charge >= 0.3 is 0 Å². The highest BCUT2D eigenvalue weighted by Crippen LogP contribution is 2.26. The zero-order chi connectivity index (χ0) is 17.4. The minimum Gasteiger partial charge on any atom is -0.507 e. The van der Waals surface area contributed by atoms with E-state index in [-0.39, 0.29) is 11.3 Å². The van der Waals surface area contributed by atoms with Crippen LogP contribution in [0.15, 0.2) is 41.2 Å². The van der Waals surface area contributed by atoms with Crippen molar-refractivity contribution in [2.45, 2.75) is 20.8 Å². The highest BCUT2D eigenvalue weighted by molar-refractivity contribution is 6.51. The zero-order valence-electron chi connectivity index (χ0n) is 13.7. The summed E-state index contributed by atoms with van der Waals surface area (Å²) < 4.78 is 1.54. The summed E-state index contributed by atoms with van der Waals surface area (Å²) in [5.41, 5.74) is 4.02. The van der Waals surface area contributed by atoms with Gasteiger partial charge < -0.3 is 5.11 Å². The van der Waals surface area contributed by atoms with Crippen LogP contribution in [-0.4, -0.2) is 14.5 Å². The lowest BCUT2D eigenvalue weighted by atomic mass is 10.1. The van der Waals surface area contributed by atoms with Gasteiger partial charge in [-0.3, -0.25) is 9.20 Å². The summed E-state index contributed by atoms with van der Waals surface area (Å²) in [6.07, 6.45) is 1.75. The molecule has 0 atom stereocenters. The Hall–Kier alpha value is -2.59. The third-order valence-corrected chi connectivity index (χ3v) is 4.23. The molecule has 0 aliphatic rings. The fraction of sp³-hybridized carbons (Fsp3) is 0.158. The molecule has 1 aromatic carbocycles. The van der Waals surface area contributed by atoms with E-state index in [0.717, 1.165) is 22.4 Å². The van der Waals surface area contributed by atoms with E-state index in [1.54, 1.807) is 16.5 Å². The van der Waals surface area contributed by atoms with E-state index in [1.165, 1.54) is 6.07 Å². The molecule has 24 heavy (non-hydrogen) atoms. The van der Waals surface area contributed by atoms with Crippen LogP contribution in [0.25, 0.3) is 16.8 Å². The molecule has 1 N–H and O–H groups in total. The Balaban J connectivity index is 2.12. The van der Waals surface area contributed by atoms with Crippen molar-refractivity contribution in [1.82, 2.24) is 9.38 Å². The van der Waals surface area contributed by atoms with Crippen LogP contribution in [0.5, 0.6) is 5.75 Å². The molecule has 0 saturated carbocycles. The van der Waals surface area contributed by atoms with Crippen LogP contribution in [0, 0.1) is 20.8 Å². The van der Waals surface area contributed by atoms with E-state index in [1.807, 2.05) is 45.0 Å². The van der Waals surface area contributed by atoms with Crippen molar-refractivity contribution in [3.63, 3.8) is 0 Å². The number of fused-ring (bicyclic) bond motifs is 1. The minimum absolute atomic E-state index is 0.169. The van der Waals surface area contributed by atoms with Crippen LogP contribution in [0.2, 0.25) is 0 Å². The van der Waals surface area contributed by atoms with Gasteiger partial charge in [-0.1, -0.05) is 17.7 Å². The third-order valence-electron chi connectivity index (χ3n) is 3.93. The van der Waals surface area contributed by atoms with Crippen molar-refractivity contribution in [1.29, 1.82) is 0 Å². The average molecular weight is 341 g/mol.